The van der Waals surface area contributed by atoms with Crippen molar-refractivity contribution in [2.75, 3.05) is 7.11 Å². The number of aromatic nitrogens is 2. The maximum atomic E-state index is 13.9. The Bertz CT molecular complexity index is 2040. The summed E-state index contributed by atoms with van der Waals surface area (Å²) >= 11 is 18.6. The third kappa shape index (κ3) is 6.66. The molecule has 1 aromatic heterocycles. The van der Waals surface area contributed by atoms with E-state index in [1.807, 2.05) is 32.9 Å². The number of fused-ring (bicyclic) bond motifs is 1. The molecule has 0 bridgehead atoms. The van der Waals surface area contributed by atoms with E-state index >= 15 is 0 Å². The van der Waals surface area contributed by atoms with Crippen LogP contribution in [0, 0.1) is 17.0 Å². The molecule has 5 rings (SSSR count). The van der Waals surface area contributed by atoms with Gasteiger partial charge in [-0.25, -0.2) is 4.98 Å². The van der Waals surface area contributed by atoms with Gasteiger partial charge in [0.05, 0.1) is 29.2 Å². The molecule has 0 fully saturated rings. The van der Waals surface area contributed by atoms with Crippen LogP contribution >= 0.6 is 34.8 Å². The number of rotatable bonds is 9. The molecule has 1 heterocycles. The smallest absolute Gasteiger partial charge is 0.313 e. The lowest BCUT2D eigenvalue weighted by Crippen LogP contribution is -2.21. The van der Waals surface area contributed by atoms with Crippen molar-refractivity contribution in [3.05, 3.63) is 125 Å². The summed E-state index contributed by atoms with van der Waals surface area (Å²) in [5.74, 6) is 1.01. The fourth-order valence-electron chi connectivity index (χ4n) is 4.87. The average Bonchev–Trinajstić information content (AvgIpc) is 3.00. The van der Waals surface area contributed by atoms with E-state index in [9.17, 15) is 14.9 Å². The van der Waals surface area contributed by atoms with Crippen molar-refractivity contribution in [2.45, 2.75) is 33.3 Å². The number of halogens is 3. The molecule has 9 nitrogen and oxygen atoms in total. The van der Waals surface area contributed by atoms with Crippen molar-refractivity contribution in [1.82, 2.24) is 9.66 Å². The molecule has 12 heteroatoms. The number of ether oxygens (including phenoxy) is 2. The Balaban J connectivity index is 1.70. The van der Waals surface area contributed by atoms with Crippen molar-refractivity contribution in [3.63, 3.8) is 0 Å². The molecule has 5 aromatic rings. The zero-order valence-corrected chi connectivity index (χ0v) is 26.9. The number of methoxy groups -OCH3 is 1. The molecule has 0 atom stereocenters. The van der Waals surface area contributed by atoms with Gasteiger partial charge in [0.25, 0.3) is 5.56 Å². The topological polar surface area (TPSA) is 109 Å². The monoisotopic (exact) mass is 664 g/mol. The van der Waals surface area contributed by atoms with Crippen LogP contribution in [0.1, 0.15) is 42.0 Å². The van der Waals surface area contributed by atoms with Gasteiger partial charge in [-0.3, -0.25) is 14.9 Å². The summed E-state index contributed by atoms with van der Waals surface area (Å²) in [4.78, 5) is 30.2. The third-order valence-electron chi connectivity index (χ3n) is 7.15. The normalized spacial score (nSPS) is 11.5. The molecule has 4 aromatic carbocycles. The molecular formula is C33H27Cl3N4O5. The molecule has 0 radical (unpaired) electrons. The number of hydrogen-bond acceptors (Lipinski definition) is 7. The number of hydrogen-bond donors (Lipinski definition) is 0. The van der Waals surface area contributed by atoms with Gasteiger partial charge >= 0.3 is 5.69 Å². The molecule has 0 unspecified atom stereocenters. The minimum atomic E-state index is -0.606. The Morgan fingerprint density at radius 3 is 2.49 bits per heavy atom. The number of benzene rings is 4. The van der Waals surface area contributed by atoms with E-state index in [1.165, 1.54) is 23.0 Å². The Morgan fingerprint density at radius 2 is 1.80 bits per heavy atom. The second-order valence-electron chi connectivity index (χ2n) is 10.5. The first-order chi connectivity index (χ1) is 21.5. The van der Waals surface area contributed by atoms with Gasteiger partial charge < -0.3 is 9.47 Å². The van der Waals surface area contributed by atoms with Gasteiger partial charge in [-0.1, -0.05) is 66.8 Å². The van der Waals surface area contributed by atoms with Crippen LogP contribution in [-0.2, 0) is 6.61 Å². The summed E-state index contributed by atoms with van der Waals surface area (Å²) in [7, 11) is 1.61. The summed E-state index contributed by atoms with van der Waals surface area (Å²) < 4.78 is 12.7. The number of nitro benzene ring substituents is 1. The van der Waals surface area contributed by atoms with Crippen LogP contribution in [0.15, 0.2) is 76.6 Å². The van der Waals surface area contributed by atoms with Crippen molar-refractivity contribution >= 4 is 57.6 Å². The Kier molecular flexibility index (Phi) is 9.43. The van der Waals surface area contributed by atoms with Gasteiger partial charge in [0.2, 0.25) is 5.75 Å². The maximum Gasteiger partial charge on any atom is 0.313 e. The number of nitrogens with zero attached hydrogens (tertiary/aromatic N) is 4. The predicted octanol–water partition coefficient (Wildman–Crippen LogP) is 8.83. The molecule has 0 aliphatic heterocycles. The van der Waals surface area contributed by atoms with E-state index in [1.54, 1.807) is 49.6 Å². The van der Waals surface area contributed by atoms with Crippen LogP contribution < -0.4 is 15.0 Å². The predicted molar refractivity (Wildman–Crippen MR) is 179 cm³/mol. The lowest BCUT2D eigenvalue weighted by molar-refractivity contribution is -0.385. The van der Waals surface area contributed by atoms with Gasteiger partial charge in [-0.2, -0.15) is 9.78 Å². The molecule has 230 valence electrons. The highest BCUT2D eigenvalue weighted by atomic mass is 35.5. The van der Waals surface area contributed by atoms with Crippen LogP contribution in [0.25, 0.3) is 22.3 Å². The molecule has 0 saturated heterocycles. The lowest BCUT2D eigenvalue weighted by atomic mass is 9.96. The minimum absolute atomic E-state index is 0.0804. The molecular weight excluding hydrogens is 639 g/mol. The Labute approximate surface area is 273 Å². The number of nitro groups is 1. The zero-order chi connectivity index (χ0) is 32.4. The zero-order valence-electron chi connectivity index (χ0n) is 24.7. The van der Waals surface area contributed by atoms with Crippen LogP contribution in [-0.4, -0.2) is 27.9 Å². The highest BCUT2D eigenvalue weighted by Gasteiger charge is 2.22. The van der Waals surface area contributed by atoms with Crippen LogP contribution in [0.5, 0.6) is 11.5 Å². The fourth-order valence-corrected chi connectivity index (χ4v) is 5.55. The van der Waals surface area contributed by atoms with E-state index in [0.717, 1.165) is 16.9 Å². The minimum Gasteiger partial charge on any atom is -0.496 e. The number of aryl methyl sites for hydroxylation is 1. The highest BCUT2D eigenvalue weighted by Crippen LogP contribution is 2.36. The maximum absolute atomic E-state index is 13.9. The van der Waals surface area contributed by atoms with Gasteiger partial charge in [0, 0.05) is 37.8 Å². The number of para-hydroxylation sites is 1. The molecule has 0 aliphatic rings. The molecule has 0 spiro atoms. The van der Waals surface area contributed by atoms with Gasteiger partial charge in [-0.15, -0.1) is 0 Å². The van der Waals surface area contributed by atoms with E-state index in [0.29, 0.717) is 32.1 Å². The van der Waals surface area contributed by atoms with Crippen LogP contribution in [0.4, 0.5) is 5.69 Å². The molecule has 0 amide bonds. The largest absolute Gasteiger partial charge is 0.496 e. The first-order valence-electron chi connectivity index (χ1n) is 13.8. The molecule has 45 heavy (non-hydrogen) atoms. The van der Waals surface area contributed by atoms with Crippen molar-refractivity contribution < 1.29 is 14.4 Å². The van der Waals surface area contributed by atoms with E-state index in [4.69, 9.17) is 49.3 Å². The van der Waals surface area contributed by atoms with E-state index in [2.05, 4.69) is 5.10 Å². The van der Waals surface area contributed by atoms with Crippen LogP contribution in [0.3, 0.4) is 0 Å². The van der Waals surface area contributed by atoms with Gasteiger partial charge in [0.15, 0.2) is 5.82 Å². The summed E-state index contributed by atoms with van der Waals surface area (Å²) in [5.41, 5.74) is 2.81. The van der Waals surface area contributed by atoms with E-state index in [-0.39, 0.29) is 40.4 Å². The average molecular weight is 666 g/mol. The second-order valence-corrected chi connectivity index (χ2v) is 11.8. The summed E-state index contributed by atoms with van der Waals surface area (Å²) in [5, 5.41) is 17.8. The van der Waals surface area contributed by atoms with Crippen molar-refractivity contribution in [3.8, 4) is 22.9 Å². The van der Waals surface area contributed by atoms with E-state index < -0.39 is 10.5 Å². The Morgan fingerprint density at radius 1 is 1.04 bits per heavy atom. The molecule has 0 N–H and O–H groups in total. The van der Waals surface area contributed by atoms with Crippen LogP contribution in [0.2, 0.25) is 15.1 Å². The SMILES string of the molecule is COc1cc(C)c(-c2nc3ccccc3c(=O)n2N=Cc2cc(Cl)cc([N+](=O)[O-])c2OCc2ccc(Cl)cc2Cl)cc1C(C)C. The second kappa shape index (κ2) is 13.3. The lowest BCUT2D eigenvalue weighted by Gasteiger charge is -2.17. The molecule has 0 aliphatic carbocycles. The van der Waals surface area contributed by atoms with Crippen molar-refractivity contribution in [1.29, 1.82) is 0 Å². The first kappa shape index (κ1) is 32.0. The third-order valence-corrected chi connectivity index (χ3v) is 7.96. The fraction of sp³-hybridized carbons (Fsp3) is 0.182. The Hall–Kier alpha value is -4.44. The first-order valence-corrected chi connectivity index (χ1v) is 14.9. The van der Waals surface area contributed by atoms with Gasteiger partial charge in [0.1, 0.15) is 12.4 Å². The van der Waals surface area contributed by atoms with Crippen molar-refractivity contribution in [2.24, 2.45) is 5.10 Å². The standard InChI is InChI=1S/C33H27Cl3N4O5/c1-18(2)25-15-26(19(3)11-30(25)44-4)32-38-28-8-6-5-7-24(28)33(41)39(32)37-16-21-12-23(35)14-29(40(42)43)31(21)45-17-20-9-10-22(34)13-27(20)36/h5-16,18H,17H2,1-4H3. The highest BCUT2D eigenvalue weighted by molar-refractivity contribution is 6.35. The summed E-state index contributed by atoms with van der Waals surface area (Å²) in [6, 6.07) is 18.3. The molecule has 0 saturated carbocycles. The summed E-state index contributed by atoms with van der Waals surface area (Å²) in [6.07, 6.45) is 1.29. The summed E-state index contributed by atoms with van der Waals surface area (Å²) in [6.45, 7) is 5.87. The van der Waals surface area contributed by atoms with Gasteiger partial charge in [-0.05, 0) is 66.4 Å². The quantitative estimate of drug-likeness (QED) is 0.0884.